The zero-order valence-corrected chi connectivity index (χ0v) is 18.7. The van der Waals surface area contributed by atoms with Gasteiger partial charge in [0, 0.05) is 12.3 Å². The van der Waals surface area contributed by atoms with Crippen molar-refractivity contribution >= 4 is 36.3 Å². The molecule has 30 heavy (non-hydrogen) atoms. The number of aliphatic hydroxyl groups is 1. The predicted molar refractivity (Wildman–Crippen MR) is 116 cm³/mol. The number of carbonyl (C=O) groups excluding carboxylic acids is 4. The van der Waals surface area contributed by atoms with Gasteiger partial charge in [0.2, 0.25) is 23.6 Å². The first kappa shape index (κ1) is 26.2. The molecule has 0 unspecified atom stereocenters. The smallest absolute Gasteiger partial charge is 0.243 e. The molecule has 0 aromatic rings. The Balaban J connectivity index is 2.85. The first-order chi connectivity index (χ1) is 14.1. The summed E-state index contributed by atoms with van der Waals surface area (Å²) < 4.78 is 0. The van der Waals surface area contributed by atoms with Crippen molar-refractivity contribution in [2.24, 2.45) is 11.7 Å². The number of aliphatic hydroxyl groups excluding tert-OH is 1. The molecule has 1 aliphatic heterocycles. The van der Waals surface area contributed by atoms with E-state index in [0.29, 0.717) is 25.8 Å². The SMILES string of the molecule is CCC[C@H](NC(=O)[C@@H](NC(=O)[C@@H]1C[C@@H](O)CN1)[C@@H](C)CC)C(=O)N[C@@H](CS)C(N)=O. The van der Waals surface area contributed by atoms with Gasteiger partial charge in [-0.2, -0.15) is 12.6 Å². The highest BCUT2D eigenvalue weighted by Gasteiger charge is 2.34. The van der Waals surface area contributed by atoms with Crippen LogP contribution in [0.15, 0.2) is 0 Å². The van der Waals surface area contributed by atoms with E-state index in [1.54, 1.807) is 0 Å². The van der Waals surface area contributed by atoms with Crippen molar-refractivity contribution in [3.63, 3.8) is 0 Å². The largest absolute Gasteiger partial charge is 0.392 e. The summed E-state index contributed by atoms with van der Waals surface area (Å²) in [4.78, 5) is 49.4. The molecule has 11 heteroatoms. The topological polar surface area (TPSA) is 163 Å². The van der Waals surface area contributed by atoms with Crippen molar-refractivity contribution in [3.8, 4) is 0 Å². The van der Waals surface area contributed by atoms with E-state index in [9.17, 15) is 24.3 Å². The molecule has 4 amide bonds. The number of β-amino-alcohol motifs (C(OH)–C–C–N with tert-alkyl or cyclic N) is 1. The van der Waals surface area contributed by atoms with E-state index < -0.39 is 48.0 Å². The third kappa shape index (κ3) is 7.77. The van der Waals surface area contributed by atoms with Gasteiger partial charge in [0.25, 0.3) is 0 Å². The fourth-order valence-electron chi connectivity index (χ4n) is 3.17. The minimum atomic E-state index is -0.943. The lowest BCUT2D eigenvalue weighted by Crippen LogP contribution is -2.59. The minimum absolute atomic E-state index is 0.0413. The summed E-state index contributed by atoms with van der Waals surface area (Å²) in [5.41, 5.74) is 5.24. The van der Waals surface area contributed by atoms with Crippen molar-refractivity contribution in [2.75, 3.05) is 12.3 Å². The van der Waals surface area contributed by atoms with Gasteiger partial charge in [-0.05, 0) is 18.8 Å². The molecule has 0 saturated carbocycles. The van der Waals surface area contributed by atoms with Gasteiger partial charge in [-0.3, -0.25) is 19.2 Å². The summed E-state index contributed by atoms with van der Waals surface area (Å²) >= 11 is 4.00. The second-order valence-electron chi connectivity index (χ2n) is 7.72. The molecule has 1 rings (SSSR count). The monoisotopic (exact) mass is 445 g/mol. The van der Waals surface area contributed by atoms with Crippen LogP contribution in [0.2, 0.25) is 0 Å². The lowest BCUT2D eigenvalue weighted by Gasteiger charge is -2.28. The van der Waals surface area contributed by atoms with E-state index in [2.05, 4.69) is 33.9 Å². The molecule has 0 radical (unpaired) electrons. The maximum absolute atomic E-state index is 13.0. The molecular formula is C19H35N5O5S. The molecule has 0 spiro atoms. The zero-order valence-electron chi connectivity index (χ0n) is 17.8. The van der Waals surface area contributed by atoms with Gasteiger partial charge in [0.15, 0.2) is 0 Å². The van der Waals surface area contributed by atoms with Gasteiger partial charge in [-0.15, -0.1) is 0 Å². The summed E-state index contributed by atoms with van der Waals surface area (Å²) in [6.45, 7) is 5.92. The number of hydrogen-bond acceptors (Lipinski definition) is 7. The number of rotatable bonds is 12. The van der Waals surface area contributed by atoms with Crippen LogP contribution in [-0.4, -0.2) is 71.3 Å². The van der Waals surface area contributed by atoms with Crippen LogP contribution in [0.3, 0.4) is 0 Å². The van der Waals surface area contributed by atoms with Crippen LogP contribution in [0.4, 0.5) is 0 Å². The maximum Gasteiger partial charge on any atom is 0.243 e. The van der Waals surface area contributed by atoms with Crippen LogP contribution >= 0.6 is 12.6 Å². The maximum atomic E-state index is 13.0. The Morgan fingerprint density at radius 1 is 1.13 bits per heavy atom. The highest BCUT2D eigenvalue weighted by molar-refractivity contribution is 7.80. The molecule has 1 fully saturated rings. The summed E-state index contributed by atoms with van der Waals surface area (Å²) in [6, 6.07) is -3.23. The van der Waals surface area contributed by atoms with Crippen molar-refractivity contribution in [2.45, 2.75) is 76.7 Å². The Morgan fingerprint density at radius 2 is 1.77 bits per heavy atom. The van der Waals surface area contributed by atoms with E-state index in [1.165, 1.54) is 0 Å². The first-order valence-corrected chi connectivity index (χ1v) is 11.0. The van der Waals surface area contributed by atoms with Crippen LogP contribution in [-0.2, 0) is 19.2 Å². The standard InChI is InChI=1S/C19H35N5O5S/c1-4-6-12(17(27)23-14(9-30)16(20)26)22-19(29)15(10(3)5-2)24-18(28)13-7-11(25)8-21-13/h10-15,21,25,30H,4-9H2,1-3H3,(H2,20,26)(H,22,29)(H,23,27)(H,24,28)/t10-,11+,12-,13-,14-,15-/m0/s1. The minimum Gasteiger partial charge on any atom is -0.392 e. The van der Waals surface area contributed by atoms with Gasteiger partial charge < -0.3 is 32.1 Å². The predicted octanol–water partition coefficient (Wildman–Crippen LogP) is -1.58. The van der Waals surface area contributed by atoms with Crippen LogP contribution in [0.25, 0.3) is 0 Å². The van der Waals surface area contributed by atoms with Crippen molar-refractivity contribution < 1.29 is 24.3 Å². The van der Waals surface area contributed by atoms with Crippen LogP contribution in [0.5, 0.6) is 0 Å². The number of carbonyl (C=O) groups is 4. The van der Waals surface area contributed by atoms with E-state index in [4.69, 9.17) is 5.73 Å². The number of amides is 4. The summed E-state index contributed by atoms with van der Waals surface area (Å²) in [5, 5.41) is 20.5. The van der Waals surface area contributed by atoms with Crippen LogP contribution in [0.1, 0.15) is 46.5 Å². The fourth-order valence-corrected chi connectivity index (χ4v) is 3.44. The van der Waals surface area contributed by atoms with E-state index in [-0.39, 0.29) is 24.0 Å². The third-order valence-electron chi connectivity index (χ3n) is 5.27. The lowest BCUT2D eigenvalue weighted by molar-refractivity contribution is -0.134. The Hall–Kier alpha value is -1.85. The molecule has 10 nitrogen and oxygen atoms in total. The second kappa shape index (κ2) is 12.8. The number of hydrogen-bond donors (Lipinski definition) is 7. The van der Waals surface area contributed by atoms with Crippen LogP contribution < -0.4 is 27.0 Å². The third-order valence-corrected chi connectivity index (χ3v) is 5.64. The second-order valence-corrected chi connectivity index (χ2v) is 8.08. The van der Waals surface area contributed by atoms with Gasteiger partial charge >= 0.3 is 0 Å². The molecule has 0 aromatic heterocycles. The molecule has 6 atom stereocenters. The number of primary amides is 1. The molecule has 0 aliphatic carbocycles. The van der Waals surface area contributed by atoms with Gasteiger partial charge in [0.1, 0.15) is 18.1 Å². The molecule has 1 saturated heterocycles. The molecule has 7 N–H and O–H groups in total. The number of nitrogens with one attached hydrogen (secondary N) is 4. The van der Waals surface area contributed by atoms with E-state index in [0.717, 1.165) is 0 Å². The molecule has 172 valence electrons. The first-order valence-electron chi connectivity index (χ1n) is 10.4. The van der Waals surface area contributed by atoms with E-state index >= 15 is 0 Å². The number of thiol groups is 1. The zero-order chi connectivity index (χ0) is 22.8. The molecular weight excluding hydrogens is 410 g/mol. The van der Waals surface area contributed by atoms with Crippen LogP contribution in [0, 0.1) is 5.92 Å². The quantitative estimate of drug-likeness (QED) is 0.179. The Labute approximate surface area is 182 Å². The van der Waals surface area contributed by atoms with Gasteiger partial charge in [0.05, 0.1) is 12.1 Å². The summed E-state index contributed by atoms with van der Waals surface area (Å²) in [5.74, 6) is -2.23. The molecule has 1 aliphatic rings. The Morgan fingerprint density at radius 3 is 2.23 bits per heavy atom. The van der Waals surface area contributed by atoms with Crippen molar-refractivity contribution in [1.82, 2.24) is 21.3 Å². The lowest BCUT2D eigenvalue weighted by atomic mass is 9.97. The highest BCUT2D eigenvalue weighted by atomic mass is 32.1. The molecule has 1 heterocycles. The van der Waals surface area contributed by atoms with Gasteiger partial charge in [-0.25, -0.2) is 0 Å². The van der Waals surface area contributed by atoms with Crippen molar-refractivity contribution in [1.29, 1.82) is 0 Å². The fraction of sp³-hybridized carbons (Fsp3) is 0.789. The average Bonchev–Trinajstić information content (AvgIpc) is 3.14. The Bertz CT molecular complexity index is 620. The Kier molecular flexibility index (Phi) is 11.1. The summed E-state index contributed by atoms with van der Waals surface area (Å²) in [7, 11) is 0. The normalized spacial score (nSPS) is 22.4. The van der Waals surface area contributed by atoms with Crippen molar-refractivity contribution in [3.05, 3.63) is 0 Å². The molecule has 0 bridgehead atoms. The number of nitrogens with two attached hydrogens (primary N) is 1. The van der Waals surface area contributed by atoms with Gasteiger partial charge in [-0.1, -0.05) is 33.6 Å². The molecule has 0 aromatic carbocycles. The average molecular weight is 446 g/mol. The van der Waals surface area contributed by atoms with E-state index in [1.807, 2.05) is 20.8 Å². The highest BCUT2D eigenvalue weighted by Crippen LogP contribution is 2.12. The summed E-state index contributed by atoms with van der Waals surface area (Å²) in [6.07, 6.45) is 1.28.